The third kappa shape index (κ3) is 1.48. The zero-order valence-corrected chi connectivity index (χ0v) is 9.96. The molecule has 0 saturated heterocycles. The second-order valence-electron chi connectivity index (χ2n) is 4.17. The molecule has 5 heteroatoms. The van der Waals surface area contributed by atoms with Crippen molar-refractivity contribution < 1.29 is 0 Å². The number of aryl methyl sites for hydroxylation is 1. The van der Waals surface area contributed by atoms with Gasteiger partial charge < -0.3 is 11.6 Å². The van der Waals surface area contributed by atoms with Gasteiger partial charge in [0.05, 0.1) is 5.52 Å². The lowest BCUT2D eigenvalue weighted by Crippen LogP contribution is -2.13. The van der Waals surface area contributed by atoms with Crippen molar-refractivity contribution in [1.29, 1.82) is 0 Å². The molecule has 3 rings (SSSR count). The van der Waals surface area contributed by atoms with E-state index in [1.54, 1.807) is 6.20 Å². The molecule has 0 radical (unpaired) electrons. The highest BCUT2D eigenvalue weighted by molar-refractivity contribution is 5.85. The Balaban J connectivity index is 2.22. The minimum atomic E-state index is 0.468. The first-order chi connectivity index (χ1) is 8.66. The van der Waals surface area contributed by atoms with Crippen molar-refractivity contribution in [2.24, 2.45) is 0 Å². The van der Waals surface area contributed by atoms with Crippen molar-refractivity contribution in [1.82, 2.24) is 14.6 Å². The van der Waals surface area contributed by atoms with Gasteiger partial charge in [-0.3, -0.25) is 4.98 Å². The molecule has 3 aromatic rings. The van der Waals surface area contributed by atoms with Crippen molar-refractivity contribution in [2.75, 3.05) is 11.6 Å². The Morgan fingerprint density at radius 2 is 2.06 bits per heavy atom. The maximum absolute atomic E-state index is 5.94. The molecule has 4 N–H and O–H groups in total. The first-order valence-electron chi connectivity index (χ1n) is 5.62. The van der Waals surface area contributed by atoms with E-state index < -0.39 is 0 Å². The van der Waals surface area contributed by atoms with E-state index in [0.29, 0.717) is 17.3 Å². The normalized spacial score (nSPS) is 10.9. The molecule has 0 saturated carbocycles. The molecule has 18 heavy (non-hydrogen) atoms. The highest BCUT2D eigenvalue weighted by atomic mass is 15.4. The minimum Gasteiger partial charge on any atom is -0.382 e. The average Bonchev–Trinajstić information content (AvgIpc) is 2.66. The fraction of sp³-hybridized carbons (Fsp3) is 0.0769. The number of aromatic nitrogens is 3. The van der Waals surface area contributed by atoms with Gasteiger partial charge >= 0.3 is 0 Å². The number of imidazole rings is 1. The molecule has 1 aromatic carbocycles. The third-order valence-corrected chi connectivity index (χ3v) is 3.00. The second-order valence-corrected chi connectivity index (χ2v) is 4.17. The number of hydrogen-bond donors (Lipinski definition) is 2. The number of nitrogens with zero attached hydrogens (tertiary/aromatic N) is 3. The predicted molar refractivity (Wildman–Crippen MR) is 72.3 cm³/mol. The second kappa shape index (κ2) is 3.73. The van der Waals surface area contributed by atoms with Gasteiger partial charge in [0.2, 0.25) is 0 Å². The molecule has 0 atom stereocenters. The first-order valence-corrected chi connectivity index (χ1v) is 5.62. The van der Waals surface area contributed by atoms with Gasteiger partial charge in [-0.1, -0.05) is 12.1 Å². The molecular formula is C13H13N5. The number of nitrogen functional groups attached to an aromatic ring is 2. The van der Waals surface area contributed by atoms with Crippen molar-refractivity contribution >= 4 is 16.7 Å². The van der Waals surface area contributed by atoms with Crippen LogP contribution in [0.4, 0.5) is 5.82 Å². The molecule has 0 fully saturated rings. The number of anilines is 1. The van der Waals surface area contributed by atoms with Crippen LogP contribution >= 0.6 is 0 Å². The first kappa shape index (κ1) is 10.6. The number of hydrogen-bond acceptors (Lipinski definition) is 4. The van der Waals surface area contributed by atoms with Crippen molar-refractivity contribution in [3.05, 3.63) is 42.4 Å². The number of benzene rings is 1. The number of pyridine rings is 1. The molecule has 0 unspecified atom stereocenters. The average molecular weight is 239 g/mol. The molecular weight excluding hydrogens is 226 g/mol. The Labute approximate surface area is 104 Å². The van der Waals surface area contributed by atoms with E-state index in [1.807, 2.05) is 37.3 Å². The van der Waals surface area contributed by atoms with Gasteiger partial charge in [-0.15, -0.1) is 0 Å². The zero-order chi connectivity index (χ0) is 12.7. The zero-order valence-electron chi connectivity index (χ0n) is 9.96. The lowest BCUT2D eigenvalue weighted by Gasteiger charge is -2.02. The highest BCUT2D eigenvalue weighted by Gasteiger charge is 2.12. The van der Waals surface area contributed by atoms with Gasteiger partial charge in [0, 0.05) is 17.1 Å². The lowest BCUT2D eigenvalue weighted by molar-refractivity contribution is 0.937. The standard InChI is InChI=1S/C13H13N5/c1-8-17-12(13(14)18(8)15)10-4-5-11-9(7-10)3-2-6-16-11/h2-7H,14-15H2,1H3. The Hall–Kier alpha value is -2.56. The number of rotatable bonds is 1. The molecule has 90 valence electrons. The summed E-state index contributed by atoms with van der Waals surface area (Å²) in [6, 6.07) is 9.83. The summed E-state index contributed by atoms with van der Waals surface area (Å²) in [6.45, 7) is 1.82. The molecule has 5 nitrogen and oxygen atoms in total. The van der Waals surface area contributed by atoms with Crippen LogP contribution in [0.5, 0.6) is 0 Å². The molecule has 0 amide bonds. The summed E-state index contributed by atoms with van der Waals surface area (Å²) in [5.41, 5.74) is 8.54. The molecule has 0 spiro atoms. The van der Waals surface area contributed by atoms with E-state index in [-0.39, 0.29) is 0 Å². The van der Waals surface area contributed by atoms with E-state index >= 15 is 0 Å². The van der Waals surface area contributed by atoms with Crippen molar-refractivity contribution in [3.63, 3.8) is 0 Å². The van der Waals surface area contributed by atoms with Gasteiger partial charge in [-0.25, -0.2) is 9.66 Å². The van der Waals surface area contributed by atoms with Crippen molar-refractivity contribution in [3.8, 4) is 11.3 Å². The van der Waals surface area contributed by atoms with E-state index in [0.717, 1.165) is 16.5 Å². The largest absolute Gasteiger partial charge is 0.382 e. The van der Waals surface area contributed by atoms with Crippen LogP contribution in [0.25, 0.3) is 22.2 Å². The van der Waals surface area contributed by atoms with Crippen LogP contribution in [0.15, 0.2) is 36.5 Å². The Kier molecular flexibility index (Phi) is 2.19. The summed E-state index contributed by atoms with van der Waals surface area (Å²) in [5.74, 6) is 6.93. The van der Waals surface area contributed by atoms with E-state index in [9.17, 15) is 0 Å². The molecule has 0 aliphatic heterocycles. The quantitative estimate of drug-likeness (QED) is 0.633. The highest BCUT2D eigenvalue weighted by Crippen LogP contribution is 2.27. The fourth-order valence-corrected chi connectivity index (χ4v) is 2.00. The predicted octanol–water partition coefficient (Wildman–Crippen LogP) is 1.70. The number of fused-ring (bicyclic) bond motifs is 1. The maximum atomic E-state index is 5.94. The molecule has 0 bridgehead atoms. The molecule has 2 aromatic heterocycles. The topological polar surface area (TPSA) is 82.8 Å². The summed E-state index contributed by atoms with van der Waals surface area (Å²) in [5, 5.41) is 1.05. The Morgan fingerprint density at radius 3 is 2.78 bits per heavy atom. The monoisotopic (exact) mass is 239 g/mol. The SMILES string of the molecule is Cc1nc(-c2ccc3ncccc3c2)c(N)n1N. The molecule has 0 aliphatic rings. The van der Waals surface area contributed by atoms with Crippen molar-refractivity contribution in [2.45, 2.75) is 6.92 Å². The van der Waals surface area contributed by atoms with Crippen LogP contribution < -0.4 is 11.6 Å². The molecule has 2 heterocycles. The van der Waals surface area contributed by atoms with E-state index in [2.05, 4.69) is 9.97 Å². The van der Waals surface area contributed by atoms with Crippen LogP contribution in [0.2, 0.25) is 0 Å². The minimum absolute atomic E-state index is 0.468. The lowest BCUT2D eigenvalue weighted by atomic mass is 10.1. The third-order valence-electron chi connectivity index (χ3n) is 3.00. The smallest absolute Gasteiger partial charge is 0.150 e. The summed E-state index contributed by atoms with van der Waals surface area (Å²) in [6.07, 6.45) is 1.77. The van der Waals surface area contributed by atoms with Gasteiger partial charge in [-0.05, 0) is 25.1 Å². The van der Waals surface area contributed by atoms with Crippen LogP contribution in [0.1, 0.15) is 5.82 Å². The molecule has 0 aliphatic carbocycles. The maximum Gasteiger partial charge on any atom is 0.150 e. The van der Waals surface area contributed by atoms with E-state index in [1.165, 1.54) is 4.68 Å². The summed E-state index contributed by atoms with van der Waals surface area (Å²) >= 11 is 0. The van der Waals surface area contributed by atoms with Gasteiger partial charge in [0.25, 0.3) is 0 Å². The summed E-state index contributed by atoms with van der Waals surface area (Å²) in [4.78, 5) is 8.66. The van der Waals surface area contributed by atoms with Gasteiger partial charge in [0.1, 0.15) is 11.5 Å². The summed E-state index contributed by atoms with van der Waals surface area (Å²) < 4.78 is 1.39. The van der Waals surface area contributed by atoms with Crippen LogP contribution in [-0.2, 0) is 0 Å². The number of nitrogens with two attached hydrogens (primary N) is 2. The van der Waals surface area contributed by atoms with Crippen LogP contribution in [-0.4, -0.2) is 14.6 Å². The fourth-order valence-electron chi connectivity index (χ4n) is 2.00. The Morgan fingerprint density at radius 1 is 1.22 bits per heavy atom. The Bertz CT molecular complexity index is 729. The van der Waals surface area contributed by atoms with Crippen LogP contribution in [0, 0.1) is 6.92 Å². The van der Waals surface area contributed by atoms with E-state index in [4.69, 9.17) is 11.6 Å². The van der Waals surface area contributed by atoms with Gasteiger partial charge in [0.15, 0.2) is 5.82 Å². The van der Waals surface area contributed by atoms with Crippen LogP contribution in [0.3, 0.4) is 0 Å². The summed E-state index contributed by atoms with van der Waals surface area (Å²) in [7, 11) is 0. The van der Waals surface area contributed by atoms with Gasteiger partial charge in [-0.2, -0.15) is 0 Å².